The Morgan fingerprint density at radius 3 is 2.38 bits per heavy atom. The minimum absolute atomic E-state index is 0.392. The van der Waals surface area contributed by atoms with E-state index in [1.807, 2.05) is 12.3 Å². The average molecular weight is 220 g/mol. The van der Waals surface area contributed by atoms with Crippen molar-refractivity contribution in [3.05, 3.63) is 30.1 Å². The third-order valence-corrected chi connectivity index (χ3v) is 2.52. The fraction of sp³-hybridized carbons (Fsp3) is 0.643. The van der Waals surface area contributed by atoms with Crippen LogP contribution in [0, 0.1) is 11.8 Å². The zero-order chi connectivity index (χ0) is 12.0. The molecule has 2 nitrogen and oxygen atoms in total. The topological polar surface area (TPSA) is 24.9 Å². The standard InChI is InChI=1S/C14H24N2/c1-11(2)9-14(16-10-12(3)4)13-7-5-6-8-15-13/h5-8,11-12,14,16H,9-10H2,1-4H3. The highest BCUT2D eigenvalue weighted by molar-refractivity contribution is 5.08. The van der Waals surface area contributed by atoms with E-state index in [1.54, 1.807) is 0 Å². The fourth-order valence-electron chi connectivity index (χ4n) is 1.74. The van der Waals surface area contributed by atoms with Gasteiger partial charge in [0.05, 0.1) is 5.69 Å². The second-order valence-electron chi connectivity index (χ2n) is 5.24. The van der Waals surface area contributed by atoms with Crippen LogP contribution in [0.1, 0.15) is 45.9 Å². The first-order chi connectivity index (χ1) is 7.59. The van der Waals surface area contributed by atoms with Gasteiger partial charge in [0, 0.05) is 12.2 Å². The molecule has 0 radical (unpaired) electrons. The lowest BCUT2D eigenvalue weighted by Crippen LogP contribution is -2.27. The molecule has 1 unspecified atom stereocenters. The molecule has 0 fully saturated rings. The van der Waals surface area contributed by atoms with Gasteiger partial charge >= 0.3 is 0 Å². The van der Waals surface area contributed by atoms with E-state index in [0.29, 0.717) is 17.9 Å². The third kappa shape index (κ3) is 4.75. The van der Waals surface area contributed by atoms with Crippen LogP contribution >= 0.6 is 0 Å². The zero-order valence-electron chi connectivity index (χ0n) is 10.9. The van der Waals surface area contributed by atoms with Gasteiger partial charge in [-0.25, -0.2) is 0 Å². The molecule has 0 spiro atoms. The smallest absolute Gasteiger partial charge is 0.0573 e. The molecule has 2 heteroatoms. The summed E-state index contributed by atoms with van der Waals surface area (Å²) >= 11 is 0. The third-order valence-electron chi connectivity index (χ3n) is 2.52. The Labute approximate surface area is 99.5 Å². The number of aromatic nitrogens is 1. The molecule has 1 heterocycles. The van der Waals surface area contributed by atoms with E-state index in [-0.39, 0.29) is 0 Å². The molecule has 1 rings (SSSR count). The maximum atomic E-state index is 4.45. The van der Waals surface area contributed by atoms with Crippen LogP contribution in [0.4, 0.5) is 0 Å². The number of hydrogen-bond donors (Lipinski definition) is 1. The normalized spacial score (nSPS) is 13.4. The van der Waals surface area contributed by atoms with Crippen molar-refractivity contribution < 1.29 is 0 Å². The quantitative estimate of drug-likeness (QED) is 0.794. The first-order valence-corrected chi connectivity index (χ1v) is 6.24. The van der Waals surface area contributed by atoms with Gasteiger partial charge in [-0.3, -0.25) is 4.98 Å². The second-order valence-corrected chi connectivity index (χ2v) is 5.24. The lowest BCUT2D eigenvalue weighted by molar-refractivity contribution is 0.399. The molecule has 90 valence electrons. The van der Waals surface area contributed by atoms with Crippen molar-refractivity contribution in [3.63, 3.8) is 0 Å². The van der Waals surface area contributed by atoms with Crippen LogP contribution in [0.15, 0.2) is 24.4 Å². The highest BCUT2D eigenvalue weighted by atomic mass is 14.9. The van der Waals surface area contributed by atoms with Gasteiger partial charge < -0.3 is 5.32 Å². The van der Waals surface area contributed by atoms with Crippen molar-refractivity contribution in [1.29, 1.82) is 0 Å². The summed E-state index contributed by atoms with van der Waals surface area (Å²) in [5.74, 6) is 1.37. The van der Waals surface area contributed by atoms with Crippen LogP contribution in [0.5, 0.6) is 0 Å². The molecular formula is C14H24N2. The lowest BCUT2D eigenvalue weighted by atomic mass is 10.00. The van der Waals surface area contributed by atoms with Gasteiger partial charge in [-0.15, -0.1) is 0 Å². The summed E-state index contributed by atoms with van der Waals surface area (Å²) < 4.78 is 0. The van der Waals surface area contributed by atoms with Crippen molar-refractivity contribution >= 4 is 0 Å². The molecule has 0 aromatic carbocycles. The highest BCUT2D eigenvalue weighted by Crippen LogP contribution is 2.19. The summed E-state index contributed by atoms with van der Waals surface area (Å²) in [6, 6.07) is 6.54. The molecule has 0 aliphatic carbocycles. The first-order valence-electron chi connectivity index (χ1n) is 6.24. The number of nitrogens with zero attached hydrogens (tertiary/aromatic N) is 1. The summed E-state index contributed by atoms with van der Waals surface area (Å²) in [6.07, 6.45) is 3.02. The van der Waals surface area contributed by atoms with Crippen molar-refractivity contribution in [2.45, 2.75) is 40.2 Å². The largest absolute Gasteiger partial charge is 0.308 e. The van der Waals surface area contributed by atoms with E-state index >= 15 is 0 Å². The van der Waals surface area contributed by atoms with Gasteiger partial charge in [0.25, 0.3) is 0 Å². The Morgan fingerprint density at radius 1 is 1.12 bits per heavy atom. The monoisotopic (exact) mass is 220 g/mol. The Kier molecular flexibility index (Phi) is 5.47. The Hall–Kier alpha value is -0.890. The van der Waals surface area contributed by atoms with Crippen LogP contribution in [-0.2, 0) is 0 Å². The predicted molar refractivity (Wildman–Crippen MR) is 69.3 cm³/mol. The summed E-state index contributed by atoms with van der Waals surface area (Å²) in [5.41, 5.74) is 1.16. The number of hydrogen-bond acceptors (Lipinski definition) is 2. The molecule has 1 aromatic heterocycles. The molecule has 0 saturated heterocycles. The summed E-state index contributed by atoms with van der Waals surface area (Å²) in [6.45, 7) is 10.0. The molecule has 16 heavy (non-hydrogen) atoms. The summed E-state index contributed by atoms with van der Waals surface area (Å²) in [5, 5.41) is 3.60. The molecule has 0 aliphatic heterocycles. The number of pyridine rings is 1. The van der Waals surface area contributed by atoms with Gasteiger partial charge in [-0.05, 0) is 36.9 Å². The van der Waals surface area contributed by atoms with Crippen LogP contribution < -0.4 is 5.32 Å². The maximum absolute atomic E-state index is 4.45. The van der Waals surface area contributed by atoms with Gasteiger partial charge in [-0.2, -0.15) is 0 Å². The van der Waals surface area contributed by atoms with E-state index in [0.717, 1.165) is 18.7 Å². The fourth-order valence-corrected chi connectivity index (χ4v) is 1.74. The average Bonchev–Trinajstić information content (AvgIpc) is 2.25. The Morgan fingerprint density at radius 2 is 1.88 bits per heavy atom. The van der Waals surface area contributed by atoms with E-state index in [1.165, 1.54) is 0 Å². The van der Waals surface area contributed by atoms with Crippen molar-refractivity contribution in [2.75, 3.05) is 6.54 Å². The van der Waals surface area contributed by atoms with Crippen LogP contribution in [0.3, 0.4) is 0 Å². The maximum Gasteiger partial charge on any atom is 0.0573 e. The zero-order valence-corrected chi connectivity index (χ0v) is 10.9. The highest BCUT2D eigenvalue weighted by Gasteiger charge is 2.13. The molecule has 0 bridgehead atoms. The van der Waals surface area contributed by atoms with E-state index in [2.05, 4.69) is 50.1 Å². The van der Waals surface area contributed by atoms with Crippen LogP contribution in [-0.4, -0.2) is 11.5 Å². The van der Waals surface area contributed by atoms with Gasteiger partial charge in [-0.1, -0.05) is 33.8 Å². The minimum atomic E-state index is 0.392. The molecule has 0 aliphatic rings. The summed E-state index contributed by atoms with van der Waals surface area (Å²) in [4.78, 5) is 4.45. The van der Waals surface area contributed by atoms with Crippen LogP contribution in [0.2, 0.25) is 0 Å². The molecule has 1 atom stereocenters. The lowest BCUT2D eigenvalue weighted by Gasteiger charge is -2.21. The van der Waals surface area contributed by atoms with E-state index in [9.17, 15) is 0 Å². The first kappa shape index (κ1) is 13.2. The summed E-state index contributed by atoms with van der Waals surface area (Å²) in [7, 11) is 0. The molecular weight excluding hydrogens is 196 g/mol. The van der Waals surface area contributed by atoms with E-state index < -0.39 is 0 Å². The molecule has 0 saturated carbocycles. The van der Waals surface area contributed by atoms with Gasteiger partial charge in [0.1, 0.15) is 0 Å². The SMILES string of the molecule is CC(C)CNC(CC(C)C)c1ccccn1. The minimum Gasteiger partial charge on any atom is -0.308 e. The van der Waals surface area contributed by atoms with Crippen molar-refractivity contribution in [2.24, 2.45) is 11.8 Å². The van der Waals surface area contributed by atoms with Gasteiger partial charge in [0.15, 0.2) is 0 Å². The Balaban J connectivity index is 2.64. The van der Waals surface area contributed by atoms with Crippen molar-refractivity contribution in [3.8, 4) is 0 Å². The van der Waals surface area contributed by atoms with Crippen molar-refractivity contribution in [1.82, 2.24) is 10.3 Å². The predicted octanol–water partition coefficient (Wildman–Crippen LogP) is 3.41. The van der Waals surface area contributed by atoms with Crippen LogP contribution in [0.25, 0.3) is 0 Å². The number of rotatable bonds is 6. The van der Waals surface area contributed by atoms with E-state index in [4.69, 9.17) is 0 Å². The molecule has 1 aromatic rings. The molecule has 1 N–H and O–H groups in total. The van der Waals surface area contributed by atoms with Gasteiger partial charge in [0.2, 0.25) is 0 Å². The molecule has 0 amide bonds. The Bertz CT molecular complexity index is 280. The second kappa shape index (κ2) is 6.64. The number of nitrogens with one attached hydrogen (secondary N) is 1.